The van der Waals surface area contributed by atoms with Crippen LogP contribution in [0.1, 0.15) is 24.8 Å². The fourth-order valence-corrected chi connectivity index (χ4v) is 1.78. The van der Waals surface area contributed by atoms with E-state index in [4.69, 9.17) is 5.73 Å². The van der Waals surface area contributed by atoms with Gasteiger partial charge in [-0.25, -0.2) is 0 Å². The molecule has 0 atom stereocenters. The predicted octanol–water partition coefficient (Wildman–Crippen LogP) is 1.52. The van der Waals surface area contributed by atoms with E-state index in [1.54, 1.807) is 18.2 Å². The van der Waals surface area contributed by atoms with Crippen LogP contribution < -0.4 is 11.1 Å². The lowest BCUT2D eigenvalue weighted by Gasteiger charge is -2.36. The second-order valence-electron chi connectivity index (χ2n) is 4.48. The first-order valence-electron chi connectivity index (χ1n) is 5.41. The van der Waals surface area contributed by atoms with Gasteiger partial charge in [0.05, 0.1) is 11.2 Å². The van der Waals surface area contributed by atoms with Gasteiger partial charge < -0.3 is 16.2 Å². The number of phenolic OH excluding ortho intramolecular Hbond substituents is 1. The van der Waals surface area contributed by atoms with Gasteiger partial charge in [0, 0.05) is 0 Å². The first kappa shape index (κ1) is 11.0. The van der Waals surface area contributed by atoms with E-state index in [0.29, 0.717) is 18.5 Å². The van der Waals surface area contributed by atoms with Crippen molar-refractivity contribution in [1.29, 1.82) is 0 Å². The van der Waals surface area contributed by atoms with Gasteiger partial charge in [0.2, 0.25) is 5.91 Å². The van der Waals surface area contributed by atoms with Crippen LogP contribution in [0.2, 0.25) is 0 Å². The second kappa shape index (κ2) is 3.79. The minimum absolute atomic E-state index is 0.0712. The highest BCUT2D eigenvalue weighted by Gasteiger charge is 2.40. The van der Waals surface area contributed by atoms with Crippen LogP contribution in [0.15, 0.2) is 18.2 Å². The topological polar surface area (TPSA) is 75.3 Å². The lowest BCUT2D eigenvalue weighted by Crippen LogP contribution is -2.56. The van der Waals surface area contributed by atoms with E-state index in [-0.39, 0.29) is 11.7 Å². The van der Waals surface area contributed by atoms with Crippen LogP contribution in [-0.4, -0.2) is 16.6 Å². The monoisotopic (exact) mass is 220 g/mol. The minimum Gasteiger partial charge on any atom is -0.506 e. The fraction of sp³-hybridized carbons (Fsp3) is 0.417. The van der Waals surface area contributed by atoms with Gasteiger partial charge in [-0.1, -0.05) is 6.07 Å². The van der Waals surface area contributed by atoms with E-state index >= 15 is 0 Å². The molecule has 0 radical (unpaired) electrons. The Morgan fingerprint density at radius 2 is 2.19 bits per heavy atom. The molecule has 1 aromatic carbocycles. The van der Waals surface area contributed by atoms with Crippen molar-refractivity contribution in [3.8, 4) is 5.75 Å². The van der Waals surface area contributed by atoms with Gasteiger partial charge in [0.15, 0.2) is 0 Å². The average molecular weight is 220 g/mol. The van der Waals surface area contributed by atoms with Crippen molar-refractivity contribution in [3.05, 3.63) is 23.8 Å². The average Bonchev–Trinajstić information content (AvgIpc) is 2.20. The first-order chi connectivity index (χ1) is 7.51. The van der Waals surface area contributed by atoms with Crippen molar-refractivity contribution in [2.75, 3.05) is 5.32 Å². The van der Waals surface area contributed by atoms with Crippen molar-refractivity contribution in [3.63, 3.8) is 0 Å². The Kier molecular flexibility index (Phi) is 2.59. The summed E-state index contributed by atoms with van der Waals surface area (Å²) in [5.41, 5.74) is 6.56. The zero-order chi connectivity index (χ0) is 11.8. The van der Waals surface area contributed by atoms with Gasteiger partial charge in [-0.3, -0.25) is 4.79 Å². The van der Waals surface area contributed by atoms with Crippen LogP contribution in [0, 0.1) is 6.92 Å². The summed E-state index contributed by atoms with van der Waals surface area (Å²) in [6, 6.07) is 5.08. The van der Waals surface area contributed by atoms with E-state index in [0.717, 1.165) is 12.0 Å². The fourth-order valence-electron chi connectivity index (χ4n) is 1.78. The molecule has 2 rings (SSSR count). The normalized spacial score (nSPS) is 17.6. The number of nitrogens with one attached hydrogen (secondary N) is 1. The van der Waals surface area contributed by atoms with E-state index in [9.17, 15) is 9.90 Å². The molecule has 1 fully saturated rings. The highest BCUT2D eigenvalue weighted by atomic mass is 16.3. The van der Waals surface area contributed by atoms with E-state index in [2.05, 4.69) is 5.32 Å². The van der Waals surface area contributed by atoms with Gasteiger partial charge in [-0.15, -0.1) is 0 Å². The summed E-state index contributed by atoms with van der Waals surface area (Å²) in [4.78, 5) is 11.8. The molecule has 0 unspecified atom stereocenters. The molecule has 1 aromatic rings. The van der Waals surface area contributed by atoms with E-state index in [1.165, 1.54) is 0 Å². The second-order valence-corrected chi connectivity index (χ2v) is 4.48. The Hall–Kier alpha value is -1.55. The van der Waals surface area contributed by atoms with Crippen LogP contribution in [0.5, 0.6) is 5.75 Å². The zero-order valence-corrected chi connectivity index (χ0v) is 9.29. The Labute approximate surface area is 94.5 Å². The molecule has 1 aliphatic carbocycles. The number of aryl methyl sites for hydroxylation is 1. The number of carbonyl (C=O) groups is 1. The van der Waals surface area contributed by atoms with Crippen LogP contribution in [-0.2, 0) is 4.79 Å². The van der Waals surface area contributed by atoms with Gasteiger partial charge in [0.25, 0.3) is 0 Å². The molecule has 0 heterocycles. The Balaban J connectivity index is 2.14. The van der Waals surface area contributed by atoms with Crippen molar-refractivity contribution >= 4 is 11.6 Å². The third kappa shape index (κ3) is 1.88. The van der Waals surface area contributed by atoms with Crippen molar-refractivity contribution in [1.82, 2.24) is 0 Å². The van der Waals surface area contributed by atoms with Gasteiger partial charge in [-0.2, -0.15) is 0 Å². The number of anilines is 1. The highest BCUT2D eigenvalue weighted by Crippen LogP contribution is 2.32. The maximum Gasteiger partial charge on any atom is 0.244 e. The Bertz CT molecular complexity index is 425. The maximum absolute atomic E-state index is 11.8. The quantitative estimate of drug-likeness (QED) is 0.661. The van der Waals surface area contributed by atoms with Gasteiger partial charge >= 0.3 is 0 Å². The first-order valence-corrected chi connectivity index (χ1v) is 5.41. The third-order valence-electron chi connectivity index (χ3n) is 3.10. The predicted molar refractivity (Wildman–Crippen MR) is 62.2 cm³/mol. The van der Waals surface area contributed by atoms with Gasteiger partial charge in [0.1, 0.15) is 5.75 Å². The molecule has 0 spiro atoms. The molecule has 0 saturated heterocycles. The summed E-state index contributed by atoms with van der Waals surface area (Å²) in [6.45, 7) is 1.90. The third-order valence-corrected chi connectivity index (χ3v) is 3.10. The van der Waals surface area contributed by atoms with Crippen molar-refractivity contribution in [2.45, 2.75) is 31.7 Å². The van der Waals surface area contributed by atoms with Crippen LogP contribution in [0.3, 0.4) is 0 Å². The molecule has 4 N–H and O–H groups in total. The molecule has 1 amide bonds. The smallest absolute Gasteiger partial charge is 0.244 e. The van der Waals surface area contributed by atoms with Crippen LogP contribution in [0.4, 0.5) is 5.69 Å². The molecule has 86 valence electrons. The summed E-state index contributed by atoms with van der Waals surface area (Å²) in [5.74, 6) is -0.137. The summed E-state index contributed by atoms with van der Waals surface area (Å²) < 4.78 is 0. The number of hydrogen-bond donors (Lipinski definition) is 3. The number of amides is 1. The molecule has 1 saturated carbocycles. The standard InChI is InChI=1S/C12H16N2O2/c1-8-3-4-10(15)9(7-8)14-11(16)12(13)5-2-6-12/h3-4,7,15H,2,5-6,13H2,1H3,(H,14,16). The molecular formula is C12H16N2O2. The van der Waals surface area contributed by atoms with Crippen molar-refractivity contribution < 1.29 is 9.90 Å². The van der Waals surface area contributed by atoms with E-state index < -0.39 is 5.54 Å². The highest BCUT2D eigenvalue weighted by molar-refractivity contribution is 5.99. The van der Waals surface area contributed by atoms with Gasteiger partial charge in [-0.05, 0) is 43.9 Å². The lowest BCUT2D eigenvalue weighted by molar-refractivity contribution is -0.123. The number of phenols is 1. The number of benzene rings is 1. The number of carbonyl (C=O) groups excluding carboxylic acids is 1. The Morgan fingerprint density at radius 3 is 2.75 bits per heavy atom. The van der Waals surface area contributed by atoms with Crippen molar-refractivity contribution in [2.24, 2.45) is 5.73 Å². The minimum atomic E-state index is -0.740. The summed E-state index contributed by atoms with van der Waals surface area (Å²) in [5, 5.41) is 12.3. The van der Waals surface area contributed by atoms with Crippen LogP contribution in [0.25, 0.3) is 0 Å². The molecule has 16 heavy (non-hydrogen) atoms. The molecule has 0 aromatic heterocycles. The summed E-state index contributed by atoms with van der Waals surface area (Å²) >= 11 is 0. The number of aromatic hydroxyl groups is 1. The molecule has 1 aliphatic rings. The number of rotatable bonds is 2. The van der Waals surface area contributed by atoms with Crippen LogP contribution >= 0.6 is 0 Å². The molecule has 0 bridgehead atoms. The summed E-state index contributed by atoms with van der Waals surface area (Å²) in [6.07, 6.45) is 2.42. The van der Waals surface area contributed by atoms with E-state index in [1.807, 2.05) is 6.92 Å². The Morgan fingerprint density at radius 1 is 1.50 bits per heavy atom. The summed E-state index contributed by atoms with van der Waals surface area (Å²) in [7, 11) is 0. The molecular weight excluding hydrogens is 204 g/mol. The largest absolute Gasteiger partial charge is 0.506 e. The SMILES string of the molecule is Cc1ccc(O)c(NC(=O)C2(N)CCC2)c1. The molecule has 4 nitrogen and oxygen atoms in total. The lowest BCUT2D eigenvalue weighted by atomic mass is 9.77. The number of hydrogen-bond acceptors (Lipinski definition) is 3. The number of nitrogens with two attached hydrogens (primary N) is 1. The molecule has 0 aliphatic heterocycles. The maximum atomic E-state index is 11.8. The molecule has 4 heteroatoms. The zero-order valence-electron chi connectivity index (χ0n) is 9.29.